The number of hydrogen-bond donors (Lipinski definition) is 1. The number of para-hydroxylation sites is 2. The number of likely N-dealkylation sites (tertiary alicyclic amines) is 1. The molecule has 5 rings (SSSR count). The van der Waals surface area contributed by atoms with Crippen molar-refractivity contribution in [1.29, 1.82) is 0 Å². The smallest absolute Gasteiger partial charge is 0.233 e. The minimum Gasteiger partial charge on any atom is -0.497 e. The van der Waals surface area contributed by atoms with Crippen molar-refractivity contribution in [2.24, 2.45) is 0 Å². The molecule has 3 aromatic rings. The van der Waals surface area contributed by atoms with E-state index in [9.17, 15) is 4.79 Å². The number of aromatic amines is 1. The van der Waals surface area contributed by atoms with E-state index in [4.69, 9.17) is 9.72 Å². The monoisotopic (exact) mass is 361 g/mol. The lowest BCUT2D eigenvalue weighted by Gasteiger charge is -2.28. The predicted molar refractivity (Wildman–Crippen MR) is 104 cm³/mol. The first-order chi connectivity index (χ1) is 13.2. The van der Waals surface area contributed by atoms with Crippen LogP contribution in [0, 0.1) is 0 Å². The molecule has 1 aliphatic carbocycles. The average molecular weight is 361 g/mol. The quantitative estimate of drug-likeness (QED) is 0.765. The molecule has 5 nitrogen and oxygen atoms in total. The van der Waals surface area contributed by atoms with Crippen LogP contribution in [0.15, 0.2) is 48.5 Å². The minimum atomic E-state index is -0.360. The molecule has 1 atom stereocenters. The number of nitrogens with zero attached hydrogens (tertiary/aromatic N) is 2. The van der Waals surface area contributed by atoms with Crippen LogP contribution in [0.1, 0.15) is 43.1 Å². The number of ether oxygens (including phenoxy) is 1. The maximum absolute atomic E-state index is 13.5. The Labute approximate surface area is 158 Å². The van der Waals surface area contributed by atoms with Crippen LogP contribution in [0.25, 0.3) is 11.0 Å². The fourth-order valence-corrected chi connectivity index (χ4v) is 4.36. The topological polar surface area (TPSA) is 58.2 Å². The molecule has 0 radical (unpaired) electrons. The molecule has 1 N–H and O–H groups in total. The summed E-state index contributed by atoms with van der Waals surface area (Å²) >= 11 is 0. The summed E-state index contributed by atoms with van der Waals surface area (Å²) in [6, 6.07) is 16.1. The third-order valence-corrected chi connectivity index (χ3v) is 6.04. The van der Waals surface area contributed by atoms with Gasteiger partial charge in [-0.2, -0.15) is 0 Å². The van der Waals surface area contributed by atoms with E-state index in [1.165, 1.54) is 0 Å². The van der Waals surface area contributed by atoms with E-state index in [0.717, 1.165) is 60.4 Å². The van der Waals surface area contributed by atoms with Crippen molar-refractivity contribution in [3.05, 3.63) is 59.9 Å². The van der Waals surface area contributed by atoms with Crippen molar-refractivity contribution < 1.29 is 9.53 Å². The lowest BCUT2D eigenvalue weighted by Crippen LogP contribution is -2.39. The number of fused-ring (bicyclic) bond motifs is 1. The van der Waals surface area contributed by atoms with Crippen LogP contribution in [0.2, 0.25) is 0 Å². The molecule has 1 saturated heterocycles. The third kappa shape index (κ3) is 2.60. The molecule has 0 spiro atoms. The summed E-state index contributed by atoms with van der Waals surface area (Å²) in [7, 11) is 1.66. The van der Waals surface area contributed by atoms with E-state index in [1.807, 2.05) is 48.5 Å². The van der Waals surface area contributed by atoms with Gasteiger partial charge in [0.25, 0.3) is 0 Å². The number of carbonyl (C=O) groups excluding carboxylic acids is 1. The number of nitrogens with one attached hydrogen (secondary N) is 1. The van der Waals surface area contributed by atoms with Crippen LogP contribution in [-0.2, 0) is 10.2 Å². The number of methoxy groups -OCH3 is 1. The Morgan fingerprint density at radius 3 is 2.67 bits per heavy atom. The van der Waals surface area contributed by atoms with Gasteiger partial charge in [0.05, 0.1) is 29.6 Å². The van der Waals surface area contributed by atoms with E-state index in [1.54, 1.807) is 7.11 Å². The van der Waals surface area contributed by atoms with Gasteiger partial charge >= 0.3 is 0 Å². The fourth-order valence-electron chi connectivity index (χ4n) is 4.36. The first-order valence-corrected chi connectivity index (χ1v) is 9.61. The number of hydrogen-bond acceptors (Lipinski definition) is 3. The fraction of sp³-hybridized carbons (Fsp3) is 0.364. The number of benzene rings is 2. The molecule has 1 unspecified atom stereocenters. The highest BCUT2D eigenvalue weighted by Crippen LogP contribution is 2.51. The highest BCUT2D eigenvalue weighted by Gasteiger charge is 2.54. The van der Waals surface area contributed by atoms with Gasteiger partial charge in [0.1, 0.15) is 11.6 Å². The lowest BCUT2D eigenvalue weighted by atomic mass is 9.94. The van der Waals surface area contributed by atoms with Crippen LogP contribution in [0.4, 0.5) is 0 Å². The van der Waals surface area contributed by atoms with Crippen molar-refractivity contribution in [3.63, 3.8) is 0 Å². The Balaban J connectivity index is 1.44. The van der Waals surface area contributed by atoms with E-state index in [-0.39, 0.29) is 17.4 Å². The second kappa shape index (κ2) is 6.12. The molecule has 1 saturated carbocycles. The molecule has 27 heavy (non-hydrogen) atoms. The zero-order valence-electron chi connectivity index (χ0n) is 15.4. The molecular weight excluding hydrogens is 338 g/mol. The van der Waals surface area contributed by atoms with Gasteiger partial charge in [0.15, 0.2) is 0 Å². The molecular formula is C22H23N3O2. The molecule has 2 aromatic carbocycles. The number of carbonyl (C=O) groups is 1. The molecule has 2 fully saturated rings. The Morgan fingerprint density at radius 2 is 1.96 bits per heavy atom. The van der Waals surface area contributed by atoms with E-state index in [2.05, 4.69) is 9.88 Å². The zero-order valence-corrected chi connectivity index (χ0v) is 15.4. The molecule has 138 valence electrons. The average Bonchev–Trinajstić information content (AvgIpc) is 3.18. The van der Waals surface area contributed by atoms with Crippen LogP contribution >= 0.6 is 0 Å². The Hall–Kier alpha value is -2.82. The second-order valence-corrected chi connectivity index (χ2v) is 7.61. The number of aromatic nitrogens is 2. The van der Waals surface area contributed by atoms with Crippen LogP contribution in [0.3, 0.4) is 0 Å². The highest BCUT2D eigenvalue weighted by molar-refractivity contribution is 5.92. The molecule has 1 aliphatic heterocycles. The van der Waals surface area contributed by atoms with Crippen molar-refractivity contribution >= 4 is 16.9 Å². The van der Waals surface area contributed by atoms with Crippen molar-refractivity contribution in [2.75, 3.05) is 13.7 Å². The maximum atomic E-state index is 13.5. The largest absolute Gasteiger partial charge is 0.497 e. The molecule has 1 amide bonds. The Bertz CT molecular complexity index is 955. The summed E-state index contributed by atoms with van der Waals surface area (Å²) in [5.74, 6) is 1.98. The predicted octanol–water partition coefficient (Wildman–Crippen LogP) is 3.97. The third-order valence-electron chi connectivity index (χ3n) is 6.04. The second-order valence-electron chi connectivity index (χ2n) is 7.61. The number of amides is 1. The lowest BCUT2D eigenvalue weighted by molar-refractivity contribution is -0.135. The van der Waals surface area contributed by atoms with Crippen LogP contribution < -0.4 is 4.74 Å². The molecule has 2 heterocycles. The van der Waals surface area contributed by atoms with Crippen molar-refractivity contribution in [1.82, 2.24) is 14.9 Å². The van der Waals surface area contributed by atoms with Gasteiger partial charge in [-0.05, 0) is 55.5 Å². The van der Waals surface area contributed by atoms with Crippen molar-refractivity contribution in [3.8, 4) is 5.75 Å². The van der Waals surface area contributed by atoms with Gasteiger partial charge in [-0.1, -0.05) is 24.3 Å². The van der Waals surface area contributed by atoms with Gasteiger partial charge in [0.2, 0.25) is 5.91 Å². The zero-order chi connectivity index (χ0) is 18.4. The standard InChI is InChI=1S/C22H23N3O2/c1-27-16-10-8-15(9-11-16)22(12-13-22)21(26)25-14-4-7-19(25)20-23-17-5-2-3-6-18(17)24-20/h2-3,5-6,8-11,19H,4,7,12-14H2,1H3,(H,23,24). The summed E-state index contributed by atoms with van der Waals surface area (Å²) in [6.07, 6.45) is 3.82. The first-order valence-electron chi connectivity index (χ1n) is 9.61. The summed E-state index contributed by atoms with van der Waals surface area (Å²) in [5.41, 5.74) is 2.73. The Kier molecular flexibility index (Phi) is 3.71. The molecule has 5 heteroatoms. The summed E-state index contributed by atoms with van der Waals surface area (Å²) in [4.78, 5) is 23.8. The van der Waals surface area contributed by atoms with Gasteiger partial charge in [-0.15, -0.1) is 0 Å². The summed E-state index contributed by atoms with van der Waals surface area (Å²) in [6.45, 7) is 0.804. The first kappa shape index (κ1) is 16.4. The number of rotatable bonds is 4. The maximum Gasteiger partial charge on any atom is 0.233 e. The number of imidazole rings is 1. The highest BCUT2D eigenvalue weighted by atomic mass is 16.5. The van der Waals surface area contributed by atoms with Gasteiger partial charge in [0, 0.05) is 6.54 Å². The van der Waals surface area contributed by atoms with Gasteiger partial charge < -0.3 is 14.6 Å². The van der Waals surface area contributed by atoms with Gasteiger partial charge in [-0.25, -0.2) is 4.98 Å². The van der Waals surface area contributed by atoms with Crippen molar-refractivity contribution in [2.45, 2.75) is 37.1 Å². The SMILES string of the molecule is COc1ccc(C2(C(=O)N3CCCC3c3nc4ccccc4[nH]3)CC2)cc1. The Morgan fingerprint density at radius 1 is 1.19 bits per heavy atom. The molecule has 0 bridgehead atoms. The molecule has 1 aromatic heterocycles. The van der Waals surface area contributed by atoms with E-state index >= 15 is 0 Å². The van der Waals surface area contributed by atoms with Crippen LogP contribution in [-0.4, -0.2) is 34.4 Å². The number of H-pyrrole nitrogens is 1. The van der Waals surface area contributed by atoms with Crippen LogP contribution in [0.5, 0.6) is 5.75 Å². The van der Waals surface area contributed by atoms with Gasteiger partial charge in [-0.3, -0.25) is 4.79 Å². The normalized spacial score (nSPS) is 20.8. The molecule has 2 aliphatic rings. The van der Waals surface area contributed by atoms with E-state index < -0.39 is 0 Å². The summed E-state index contributed by atoms with van der Waals surface area (Å²) in [5, 5.41) is 0. The summed E-state index contributed by atoms with van der Waals surface area (Å²) < 4.78 is 5.26. The van der Waals surface area contributed by atoms with E-state index in [0.29, 0.717) is 0 Å². The minimum absolute atomic E-state index is 0.0422.